The Morgan fingerprint density at radius 1 is 1.32 bits per heavy atom. The molecular weight excluding hydrogens is 318 g/mol. The van der Waals surface area contributed by atoms with Crippen LogP contribution in [-0.2, 0) is 18.3 Å². The molecule has 25 heavy (non-hydrogen) atoms. The van der Waals surface area contributed by atoms with Gasteiger partial charge in [0.05, 0.1) is 6.54 Å². The van der Waals surface area contributed by atoms with E-state index < -0.39 is 5.60 Å². The third-order valence-electron chi connectivity index (χ3n) is 5.32. The van der Waals surface area contributed by atoms with Crippen molar-refractivity contribution in [3.63, 3.8) is 0 Å². The summed E-state index contributed by atoms with van der Waals surface area (Å²) in [7, 11) is 1.91. The van der Waals surface area contributed by atoms with Crippen molar-refractivity contribution in [3.8, 4) is 0 Å². The number of nitrogens with zero attached hydrogens (tertiary/aromatic N) is 4. The molecule has 1 aromatic heterocycles. The molecule has 1 N–H and O–H groups in total. The SMILES string of the molecule is Cn1ncnc1CN[C@@H]1CCC[C@H]1[C@@H]1CCCN1C(=O)OC(C)(C)C. The zero-order valence-corrected chi connectivity index (χ0v) is 15.9. The summed E-state index contributed by atoms with van der Waals surface area (Å²) >= 11 is 0. The van der Waals surface area contributed by atoms with E-state index in [4.69, 9.17) is 4.74 Å². The van der Waals surface area contributed by atoms with Gasteiger partial charge in [-0.1, -0.05) is 6.42 Å². The summed E-state index contributed by atoms with van der Waals surface area (Å²) in [5.41, 5.74) is -0.442. The van der Waals surface area contributed by atoms with E-state index in [1.165, 1.54) is 12.8 Å². The third-order valence-corrected chi connectivity index (χ3v) is 5.32. The van der Waals surface area contributed by atoms with Crippen LogP contribution in [0.2, 0.25) is 0 Å². The van der Waals surface area contributed by atoms with Gasteiger partial charge >= 0.3 is 6.09 Å². The lowest BCUT2D eigenvalue weighted by molar-refractivity contribution is 0.0166. The number of nitrogens with one attached hydrogen (secondary N) is 1. The molecule has 0 radical (unpaired) electrons. The van der Waals surface area contributed by atoms with Crippen LogP contribution in [0.5, 0.6) is 0 Å². The molecule has 7 nitrogen and oxygen atoms in total. The molecule has 0 aromatic carbocycles. The van der Waals surface area contributed by atoms with Crippen LogP contribution in [-0.4, -0.2) is 50.0 Å². The fourth-order valence-electron chi connectivity index (χ4n) is 4.19. The van der Waals surface area contributed by atoms with E-state index in [0.717, 1.165) is 38.2 Å². The molecule has 0 spiro atoms. The van der Waals surface area contributed by atoms with Gasteiger partial charge in [-0.05, 0) is 52.4 Å². The second-order valence-corrected chi connectivity index (χ2v) is 8.27. The highest BCUT2D eigenvalue weighted by atomic mass is 16.6. The number of ether oxygens (including phenoxy) is 1. The molecule has 2 aliphatic rings. The molecule has 0 unspecified atom stereocenters. The average Bonchev–Trinajstić information content (AvgIpc) is 3.23. The molecule has 1 amide bonds. The van der Waals surface area contributed by atoms with Crippen molar-refractivity contribution >= 4 is 6.09 Å². The van der Waals surface area contributed by atoms with Gasteiger partial charge in [0.1, 0.15) is 17.8 Å². The van der Waals surface area contributed by atoms with Crippen molar-refractivity contribution in [2.45, 2.75) is 77.1 Å². The van der Waals surface area contributed by atoms with Crippen molar-refractivity contribution in [1.29, 1.82) is 0 Å². The Hall–Kier alpha value is -1.63. The van der Waals surface area contributed by atoms with Crippen molar-refractivity contribution in [3.05, 3.63) is 12.2 Å². The molecule has 2 heterocycles. The van der Waals surface area contributed by atoms with Crippen LogP contribution in [0.25, 0.3) is 0 Å². The smallest absolute Gasteiger partial charge is 0.410 e. The molecule has 1 aliphatic carbocycles. The van der Waals surface area contributed by atoms with Crippen LogP contribution in [0.1, 0.15) is 58.7 Å². The van der Waals surface area contributed by atoms with Crippen LogP contribution in [0.15, 0.2) is 6.33 Å². The Morgan fingerprint density at radius 3 is 2.80 bits per heavy atom. The fraction of sp³-hybridized carbons (Fsp3) is 0.833. The van der Waals surface area contributed by atoms with Crippen molar-refractivity contribution in [2.75, 3.05) is 6.54 Å². The minimum Gasteiger partial charge on any atom is -0.444 e. The molecule has 0 bridgehead atoms. The number of hydrogen-bond acceptors (Lipinski definition) is 5. The summed E-state index contributed by atoms with van der Waals surface area (Å²) in [5.74, 6) is 1.43. The largest absolute Gasteiger partial charge is 0.444 e. The Morgan fingerprint density at radius 2 is 2.12 bits per heavy atom. The topological polar surface area (TPSA) is 72.3 Å². The minimum absolute atomic E-state index is 0.158. The molecule has 1 saturated carbocycles. The van der Waals surface area contributed by atoms with E-state index in [0.29, 0.717) is 12.0 Å². The second-order valence-electron chi connectivity index (χ2n) is 8.27. The van der Waals surface area contributed by atoms with Gasteiger partial charge in [-0.25, -0.2) is 9.78 Å². The van der Waals surface area contributed by atoms with Gasteiger partial charge in [0.15, 0.2) is 0 Å². The molecule has 1 saturated heterocycles. The maximum absolute atomic E-state index is 12.6. The molecule has 3 atom stereocenters. The Kier molecular flexibility index (Phi) is 5.32. The minimum atomic E-state index is -0.442. The Labute approximate surface area is 150 Å². The van der Waals surface area contributed by atoms with Gasteiger partial charge in [-0.3, -0.25) is 4.68 Å². The maximum Gasteiger partial charge on any atom is 0.410 e. The number of carbonyl (C=O) groups is 1. The van der Waals surface area contributed by atoms with E-state index in [2.05, 4.69) is 15.4 Å². The molecular formula is C18H31N5O2. The number of aromatic nitrogens is 3. The quantitative estimate of drug-likeness (QED) is 0.904. The molecule has 1 aliphatic heterocycles. The van der Waals surface area contributed by atoms with E-state index >= 15 is 0 Å². The van der Waals surface area contributed by atoms with E-state index in [1.54, 1.807) is 11.0 Å². The summed E-state index contributed by atoms with van der Waals surface area (Å²) < 4.78 is 7.43. The molecule has 7 heteroatoms. The first-order valence-corrected chi connectivity index (χ1v) is 9.41. The highest BCUT2D eigenvalue weighted by Gasteiger charge is 2.41. The Balaban J connectivity index is 1.62. The zero-order chi connectivity index (χ0) is 18.0. The highest BCUT2D eigenvalue weighted by molar-refractivity contribution is 5.69. The first-order chi connectivity index (χ1) is 11.8. The zero-order valence-electron chi connectivity index (χ0n) is 15.9. The lowest BCUT2D eigenvalue weighted by Gasteiger charge is -2.34. The summed E-state index contributed by atoms with van der Waals surface area (Å²) in [6, 6.07) is 0.707. The summed E-state index contributed by atoms with van der Waals surface area (Å²) in [5, 5.41) is 7.78. The monoisotopic (exact) mass is 349 g/mol. The van der Waals surface area contributed by atoms with Gasteiger partial charge < -0.3 is 15.0 Å². The van der Waals surface area contributed by atoms with Crippen molar-refractivity contribution in [1.82, 2.24) is 25.0 Å². The van der Waals surface area contributed by atoms with Crippen LogP contribution in [0.3, 0.4) is 0 Å². The Bertz CT molecular complexity index is 595. The van der Waals surface area contributed by atoms with E-state index in [-0.39, 0.29) is 12.1 Å². The predicted octanol–water partition coefficient (Wildman–Crippen LogP) is 2.47. The van der Waals surface area contributed by atoms with Crippen LogP contribution < -0.4 is 5.32 Å². The van der Waals surface area contributed by atoms with Gasteiger partial charge in [0.2, 0.25) is 0 Å². The molecule has 3 rings (SSSR count). The van der Waals surface area contributed by atoms with Crippen LogP contribution >= 0.6 is 0 Å². The first-order valence-electron chi connectivity index (χ1n) is 9.41. The number of hydrogen-bond donors (Lipinski definition) is 1. The summed E-state index contributed by atoms with van der Waals surface area (Å²) in [4.78, 5) is 18.8. The second kappa shape index (κ2) is 7.32. The normalized spacial score (nSPS) is 27.0. The average molecular weight is 349 g/mol. The van der Waals surface area contributed by atoms with E-state index in [9.17, 15) is 4.79 Å². The lowest BCUT2D eigenvalue weighted by Crippen LogP contribution is -2.47. The van der Waals surface area contributed by atoms with Gasteiger partial charge in [-0.2, -0.15) is 5.10 Å². The maximum atomic E-state index is 12.6. The number of likely N-dealkylation sites (tertiary alicyclic amines) is 1. The van der Waals surface area contributed by atoms with Crippen molar-refractivity contribution < 1.29 is 9.53 Å². The van der Waals surface area contributed by atoms with Crippen LogP contribution in [0.4, 0.5) is 4.79 Å². The molecule has 2 fully saturated rings. The van der Waals surface area contributed by atoms with Gasteiger partial charge in [0.25, 0.3) is 0 Å². The first kappa shape index (κ1) is 18.2. The molecule has 140 valence electrons. The summed E-state index contributed by atoms with van der Waals surface area (Å²) in [6.07, 6.45) is 7.10. The predicted molar refractivity (Wildman–Crippen MR) is 94.9 cm³/mol. The van der Waals surface area contributed by atoms with Gasteiger partial charge in [-0.15, -0.1) is 0 Å². The van der Waals surface area contributed by atoms with Gasteiger partial charge in [0, 0.05) is 25.7 Å². The number of rotatable bonds is 4. The molecule has 1 aromatic rings. The number of amides is 1. The van der Waals surface area contributed by atoms with Crippen LogP contribution in [0, 0.1) is 5.92 Å². The standard InChI is InChI=1S/C18H31N5O2/c1-18(2,3)25-17(24)23-10-6-9-15(23)13-7-5-8-14(13)19-11-16-20-12-21-22(16)4/h12-15,19H,5-11H2,1-4H3/t13-,14-,15+/m1/s1. The number of carbonyl (C=O) groups excluding carboxylic acids is 1. The third kappa shape index (κ3) is 4.32. The van der Waals surface area contributed by atoms with Crippen molar-refractivity contribution in [2.24, 2.45) is 13.0 Å². The van der Waals surface area contributed by atoms with E-state index in [1.807, 2.05) is 32.7 Å². The summed E-state index contributed by atoms with van der Waals surface area (Å²) in [6.45, 7) is 7.31. The lowest BCUT2D eigenvalue weighted by atomic mass is 9.92. The number of aryl methyl sites for hydroxylation is 1. The highest BCUT2D eigenvalue weighted by Crippen LogP contribution is 2.36. The fourth-order valence-corrected chi connectivity index (χ4v) is 4.19.